The van der Waals surface area contributed by atoms with Gasteiger partial charge in [0.1, 0.15) is 5.82 Å². The quantitative estimate of drug-likeness (QED) is 0.908. The maximum atomic E-state index is 11.9. The molecule has 1 heterocycles. The van der Waals surface area contributed by atoms with Crippen molar-refractivity contribution in [2.24, 2.45) is 0 Å². The fourth-order valence-electron chi connectivity index (χ4n) is 1.75. The summed E-state index contributed by atoms with van der Waals surface area (Å²) in [4.78, 5) is 11.9. The van der Waals surface area contributed by atoms with E-state index in [1.54, 1.807) is 12.1 Å². The van der Waals surface area contributed by atoms with E-state index in [0.717, 1.165) is 5.56 Å². The third-order valence-electron chi connectivity index (χ3n) is 2.77. The van der Waals surface area contributed by atoms with E-state index in [0.29, 0.717) is 23.1 Å². The number of amides is 1. The first-order valence-corrected chi connectivity index (χ1v) is 7.36. The van der Waals surface area contributed by atoms with Crippen LogP contribution in [0.5, 0.6) is 0 Å². The van der Waals surface area contributed by atoms with Gasteiger partial charge in [0.25, 0.3) is 5.91 Å². The van der Waals surface area contributed by atoms with Crippen molar-refractivity contribution >= 4 is 23.3 Å². The summed E-state index contributed by atoms with van der Waals surface area (Å²) in [6, 6.07) is 10.9. The second kappa shape index (κ2) is 6.75. The molecule has 0 aliphatic rings. The fourth-order valence-corrected chi connectivity index (χ4v) is 1.87. The molecule has 0 fully saturated rings. The van der Waals surface area contributed by atoms with Gasteiger partial charge in [-0.1, -0.05) is 23.7 Å². The molecule has 2 N–H and O–H groups in total. The second-order valence-electron chi connectivity index (χ2n) is 5.99. The summed E-state index contributed by atoms with van der Waals surface area (Å²) in [5, 5.41) is 14.7. The molecule has 0 unspecified atom stereocenters. The fraction of sp³-hybridized carbons (Fsp3) is 0.312. The zero-order chi connectivity index (χ0) is 16.2. The highest BCUT2D eigenvalue weighted by Crippen LogP contribution is 2.11. The number of nitrogens with zero attached hydrogens (tertiary/aromatic N) is 2. The zero-order valence-electron chi connectivity index (χ0n) is 12.9. The van der Waals surface area contributed by atoms with Gasteiger partial charge < -0.3 is 10.6 Å². The average Bonchev–Trinajstić information content (AvgIpc) is 2.45. The molecule has 5 nitrogen and oxygen atoms in total. The van der Waals surface area contributed by atoms with Gasteiger partial charge in [0.15, 0.2) is 5.69 Å². The first-order valence-electron chi connectivity index (χ1n) is 6.98. The van der Waals surface area contributed by atoms with Crippen molar-refractivity contribution in [3.8, 4) is 0 Å². The number of anilines is 1. The van der Waals surface area contributed by atoms with E-state index < -0.39 is 0 Å². The molecule has 116 valence electrons. The van der Waals surface area contributed by atoms with Crippen molar-refractivity contribution in [2.75, 3.05) is 5.32 Å². The molecule has 6 heteroatoms. The first kappa shape index (κ1) is 16.2. The molecule has 0 aliphatic carbocycles. The molecule has 0 saturated carbocycles. The standard InChI is InChI=1S/C16H19ClN4O/c1-16(2,3)19-15(22)13-8-9-14(21-20-13)18-10-11-4-6-12(17)7-5-11/h4-9H,10H2,1-3H3,(H,18,21)(H,19,22). The highest BCUT2D eigenvalue weighted by molar-refractivity contribution is 6.30. The largest absolute Gasteiger partial charge is 0.365 e. The molecule has 0 spiro atoms. The van der Waals surface area contributed by atoms with E-state index in [9.17, 15) is 4.79 Å². The number of carbonyl (C=O) groups is 1. The van der Waals surface area contributed by atoms with Gasteiger partial charge in [-0.25, -0.2) is 0 Å². The molecule has 0 bridgehead atoms. The Labute approximate surface area is 135 Å². The van der Waals surface area contributed by atoms with E-state index in [4.69, 9.17) is 11.6 Å². The number of benzene rings is 1. The van der Waals surface area contributed by atoms with Crippen molar-refractivity contribution in [2.45, 2.75) is 32.9 Å². The topological polar surface area (TPSA) is 66.9 Å². The number of hydrogen-bond donors (Lipinski definition) is 2. The van der Waals surface area contributed by atoms with Crippen molar-refractivity contribution < 1.29 is 4.79 Å². The lowest BCUT2D eigenvalue weighted by atomic mass is 10.1. The van der Waals surface area contributed by atoms with Gasteiger partial charge in [-0.2, -0.15) is 0 Å². The Morgan fingerprint density at radius 3 is 2.32 bits per heavy atom. The number of nitrogens with one attached hydrogen (secondary N) is 2. The van der Waals surface area contributed by atoms with E-state index in [1.165, 1.54) is 0 Å². The lowest BCUT2D eigenvalue weighted by Gasteiger charge is -2.19. The number of halogens is 1. The lowest BCUT2D eigenvalue weighted by Crippen LogP contribution is -2.41. The Balaban J connectivity index is 1.94. The van der Waals surface area contributed by atoms with Crippen LogP contribution in [0.1, 0.15) is 36.8 Å². The Morgan fingerprint density at radius 1 is 1.09 bits per heavy atom. The highest BCUT2D eigenvalue weighted by Gasteiger charge is 2.16. The molecule has 0 atom stereocenters. The van der Waals surface area contributed by atoms with Crippen LogP contribution in [0.15, 0.2) is 36.4 Å². The van der Waals surface area contributed by atoms with Crippen molar-refractivity contribution in [3.63, 3.8) is 0 Å². The highest BCUT2D eigenvalue weighted by atomic mass is 35.5. The Hall–Kier alpha value is -2.14. The van der Waals surface area contributed by atoms with Crippen molar-refractivity contribution in [1.29, 1.82) is 0 Å². The maximum Gasteiger partial charge on any atom is 0.272 e. The van der Waals surface area contributed by atoms with Crippen LogP contribution in [-0.4, -0.2) is 21.6 Å². The van der Waals surface area contributed by atoms with E-state index in [1.807, 2.05) is 45.0 Å². The zero-order valence-corrected chi connectivity index (χ0v) is 13.6. The van der Waals surface area contributed by atoms with Gasteiger partial charge in [0.05, 0.1) is 0 Å². The molecule has 0 radical (unpaired) electrons. The molecule has 22 heavy (non-hydrogen) atoms. The maximum absolute atomic E-state index is 11.9. The molecule has 1 aromatic heterocycles. The van der Waals surface area contributed by atoms with E-state index in [-0.39, 0.29) is 11.4 Å². The molecule has 2 rings (SSSR count). The van der Waals surface area contributed by atoms with Crippen LogP contribution in [0.2, 0.25) is 5.02 Å². The normalized spacial score (nSPS) is 11.1. The van der Waals surface area contributed by atoms with Crippen LogP contribution in [0.3, 0.4) is 0 Å². The molecule has 1 amide bonds. The van der Waals surface area contributed by atoms with Gasteiger partial charge in [0.2, 0.25) is 0 Å². The summed E-state index contributed by atoms with van der Waals surface area (Å²) >= 11 is 5.84. The molecule has 1 aromatic carbocycles. The molecular formula is C16H19ClN4O. The first-order chi connectivity index (χ1) is 10.3. The summed E-state index contributed by atoms with van der Waals surface area (Å²) in [6.07, 6.45) is 0. The molecule has 0 aliphatic heterocycles. The lowest BCUT2D eigenvalue weighted by molar-refractivity contribution is 0.0913. The Bertz CT molecular complexity index is 633. The summed E-state index contributed by atoms with van der Waals surface area (Å²) in [6.45, 7) is 6.36. The summed E-state index contributed by atoms with van der Waals surface area (Å²) in [7, 11) is 0. The average molecular weight is 319 g/mol. The molecule has 0 saturated heterocycles. The predicted octanol–water partition coefficient (Wildman–Crippen LogP) is 3.27. The summed E-state index contributed by atoms with van der Waals surface area (Å²) in [5.41, 5.74) is 1.08. The second-order valence-corrected chi connectivity index (χ2v) is 6.42. The van der Waals surface area contributed by atoms with Crippen molar-refractivity contribution in [3.05, 3.63) is 52.7 Å². The number of aromatic nitrogens is 2. The minimum atomic E-state index is -0.301. The number of rotatable bonds is 4. The Morgan fingerprint density at radius 2 is 1.77 bits per heavy atom. The summed E-state index contributed by atoms with van der Waals surface area (Å²) in [5.74, 6) is 0.381. The van der Waals surface area contributed by atoms with Crippen LogP contribution >= 0.6 is 11.6 Å². The number of carbonyl (C=O) groups excluding carboxylic acids is 1. The monoisotopic (exact) mass is 318 g/mol. The third kappa shape index (κ3) is 5.00. The minimum absolute atomic E-state index is 0.232. The third-order valence-corrected chi connectivity index (χ3v) is 3.02. The predicted molar refractivity (Wildman–Crippen MR) is 88.0 cm³/mol. The molecule has 2 aromatic rings. The van der Waals surface area contributed by atoms with Gasteiger partial charge >= 0.3 is 0 Å². The van der Waals surface area contributed by atoms with Gasteiger partial charge in [-0.15, -0.1) is 10.2 Å². The van der Waals surface area contributed by atoms with Crippen molar-refractivity contribution in [1.82, 2.24) is 15.5 Å². The van der Waals surface area contributed by atoms with Crippen LogP contribution in [0.25, 0.3) is 0 Å². The smallest absolute Gasteiger partial charge is 0.272 e. The van der Waals surface area contributed by atoms with Crippen LogP contribution < -0.4 is 10.6 Å². The molecular weight excluding hydrogens is 300 g/mol. The van der Waals surface area contributed by atoms with Crippen LogP contribution in [-0.2, 0) is 6.54 Å². The minimum Gasteiger partial charge on any atom is -0.365 e. The van der Waals surface area contributed by atoms with E-state index in [2.05, 4.69) is 20.8 Å². The Kier molecular flexibility index (Phi) is 4.98. The van der Waals surface area contributed by atoms with E-state index >= 15 is 0 Å². The number of hydrogen-bond acceptors (Lipinski definition) is 4. The van der Waals surface area contributed by atoms with Crippen LogP contribution in [0.4, 0.5) is 5.82 Å². The van der Waals surface area contributed by atoms with Crippen LogP contribution in [0, 0.1) is 0 Å². The SMILES string of the molecule is CC(C)(C)NC(=O)c1ccc(NCc2ccc(Cl)cc2)nn1. The summed E-state index contributed by atoms with van der Waals surface area (Å²) < 4.78 is 0. The van der Waals surface area contributed by atoms with Gasteiger partial charge in [-0.3, -0.25) is 4.79 Å². The van der Waals surface area contributed by atoms with Gasteiger partial charge in [-0.05, 0) is 50.6 Å². The van der Waals surface area contributed by atoms with Gasteiger partial charge in [0, 0.05) is 17.1 Å².